The van der Waals surface area contributed by atoms with Gasteiger partial charge in [0.05, 0.1) is 5.69 Å². The molecule has 0 saturated heterocycles. The monoisotopic (exact) mass is 327 g/mol. The SMILES string of the molecule is Cc1nn(C)c(C)c1/C=C/C(=O)OCC(=O)NCc1ccccc1. The van der Waals surface area contributed by atoms with Crippen LogP contribution in [0.2, 0.25) is 0 Å². The summed E-state index contributed by atoms with van der Waals surface area (Å²) < 4.78 is 6.68. The second-order valence-corrected chi connectivity index (χ2v) is 5.41. The Labute approximate surface area is 141 Å². The summed E-state index contributed by atoms with van der Waals surface area (Å²) >= 11 is 0. The van der Waals surface area contributed by atoms with Crippen LogP contribution in [0.25, 0.3) is 6.08 Å². The predicted molar refractivity (Wildman–Crippen MR) is 91.0 cm³/mol. The molecule has 6 nitrogen and oxygen atoms in total. The maximum atomic E-state index is 11.7. The van der Waals surface area contributed by atoms with Crippen LogP contribution in [0.4, 0.5) is 0 Å². The molecule has 0 radical (unpaired) electrons. The lowest BCUT2D eigenvalue weighted by molar-refractivity contribution is -0.143. The molecule has 0 aliphatic heterocycles. The maximum absolute atomic E-state index is 11.7. The zero-order valence-electron chi connectivity index (χ0n) is 14.1. The highest BCUT2D eigenvalue weighted by Gasteiger charge is 2.08. The normalized spacial score (nSPS) is 10.8. The topological polar surface area (TPSA) is 73.2 Å². The number of hydrogen-bond acceptors (Lipinski definition) is 4. The van der Waals surface area contributed by atoms with Gasteiger partial charge < -0.3 is 10.1 Å². The number of rotatable bonds is 6. The van der Waals surface area contributed by atoms with Gasteiger partial charge in [0.25, 0.3) is 5.91 Å². The van der Waals surface area contributed by atoms with E-state index in [1.165, 1.54) is 6.08 Å². The fraction of sp³-hybridized carbons (Fsp3) is 0.278. The largest absolute Gasteiger partial charge is 0.452 e. The Morgan fingerprint density at radius 3 is 2.58 bits per heavy atom. The van der Waals surface area contributed by atoms with Gasteiger partial charge in [0.2, 0.25) is 0 Å². The summed E-state index contributed by atoms with van der Waals surface area (Å²) in [4.78, 5) is 23.4. The second-order valence-electron chi connectivity index (χ2n) is 5.41. The number of carbonyl (C=O) groups excluding carboxylic acids is 2. The molecule has 0 saturated carbocycles. The molecule has 2 rings (SSSR count). The highest BCUT2D eigenvalue weighted by Crippen LogP contribution is 2.13. The summed E-state index contributed by atoms with van der Waals surface area (Å²) in [5, 5.41) is 6.96. The molecule has 1 N–H and O–H groups in total. The van der Waals surface area contributed by atoms with E-state index < -0.39 is 5.97 Å². The highest BCUT2D eigenvalue weighted by atomic mass is 16.5. The van der Waals surface area contributed by atoms with E-state index in [4.69, 9.17) is 4.74 Å². The van der Waals surface area contributed by atoms with Crippen molar-refractivity contribution in [2.45, 2.75) is 20.4 Å². The van der Waals surface area contributed by atoms with Gasteiger partial charge in [-0.15, -0.1) is 0 Å². The van der Waals surface area contributed by atoms with Crippen LogP contribution in [0.1, 0.15) is 22.5 Å². The average Bonchev–Trinajstić information content (AvgIpc) is 2.82. The Morgan fingerprint density at radius 1 is 1.25 bits per heavy atom. The van der Waals surface area contributed by atoms with E-state index in [1.807, 2.05) is 51.2 Å². The molecular formula is C18H21N3O3. The molecule has 2 aromatic rings. The smallest absolute Gasteiger partial charge is 0.331 e. The second kappa shape index (κ2) is 8.10. The molecule has 1 aromatic carbocycles. The standard InChI is InChI=1S/C18H21N3O3/c1-13-16(14(2)21(3)20-13)9-10-18(23)24-12-17(22)19-11-15-7-5-4-6-8-15/h4-10H,11-12H2,1-3H3,(H,19,22)/b10-9+. The van der Waals surface area contributed by atoms with Crippen LogP contribution in [0.3, 0.4) is 0 Å². The third-order valence-corrected chi connectivity index (χ3v) is 3.63. The molecule has 6 heteroatoms. The van der Waals surface area contributed by atoms with Gasteiger partial charge in [-0.05, 0) is 25.5 Å². The van der Waals surface area contributed by atoms with Crippen LogP contribution in [0.15, 0.2) is 36.4 Å². The van der Waals surface area contributed by atoms with E-state index >= 15 is 0 Å². The molecule has 1 amide bonds. The molecule has 0 fully saturated rings. The van der Waals surface area contributed by atoms with Gasteiger partial charge in [0.1, 0.15) is 0 Å². The summed E-state index contributed by atoms with van der Waals surface area (Å²) in [5.41, 5.74) is 3.65. The molecule has 24 heavy (non-hydrogen) atoms. The zero-order chi connectivity index (χ0) is 17.5. The third-order valence-electron chi connectivity index (χ3n) is 3.63. The van der Waals surface area contributed by atoms with E-state index in [0.29, 0.717) is 6.54 Å². The summed E-state index contributed by atoms with van der Waals surface area (Å²) in [5.74, 6) is -0.901. The Bertz CT molecular complexity index is 748. The van der Waals surface area contributed by atoms with Crippen LogP contribution in [0, 0.1) is 13.8 Å². The highest BCUT2D eigenvalue weighted by molar-refractivity contribution is 5.89. The van der Waals surface area contributed by atoms with Crippen molar-refractivity contribution in [1.82, 2.24) is 15.1 Å². The molecule has 126 valence electrons. The molecule has 0 aliphatic rings. The van der Waals surface area contributed by atoms with Crippen LogP contribution >= 0.6 is 0 Å². The van der Waals surface area contributed by atoms with Gasteiger partial charge in [0, 0.05) is 30.9 Å². The predicted octanol–water partition coefficient (Wildman–Crippen LogP) is 1.91. The number of hydrogen-bond donors (Lipinski definition) is 1. The number of esters is 1. The quantitative estimate of drug-likeness (QED) is 0.650. The van der Waals surface area contributed by atoms with Gasteiger partial charge in [-0.25, -0.2) is 4.79 Å². The summed E-state index contributed by atoms with van der Waals surface area (Å²) in [6.45, 7) is 3.89. The molecule has 1 heterocycles. The molecular weight excluding hydrogens is 306 g/mol. The van der Waals surface area contributed by atoms with Crippen molar-refractivity contribution in [2.24, 2.45) is 7.05 Å². The van der Waals surface area contributed by atoms with Crippen molar-refractivity contribution in [2.75, 3.05) is 6.61 Å². The van der Waals surface area contributed by atoms with E-state index in [1.54, 1.807) is 10.8 Å². The van der Waals surface area contributed by atoms with Crippen LogP contribution in [-0.4, -0.2) is 28.3 Å². The van der Waals surface area contributed by atoms with Crippen molar-refractivity contribution >= 4 is 18.0 Å². The van der Waals surface area contributed by atoms with E-state index in [-0.39, 0.29) is 12.5 Å². The lowest BCUT2D eigenvalue weighted by Gasteiger charge is -2.05. The summed E-state index contributed by atoms with van der Waals surface area (Å²) in [6.07, 6.45) is 2.96. The number of amides is 1. The van der Waals surface area contributed by atoms with E-state index in [9.17, 15) is 9.59 Å². The molecule has 0 aliphatic carbocycles. The third kappa shape index (κ3) is 4.81. The van der Waals surface area contributed by atoms with Crippen molar-refractivity contribution < 1.29 is 14.3 Å². The first kappa shape index (κ1) is 17.5. The van der Waals surface area contributed by atoms with Gasteiger partial charge >= 0.3 is 5.97 Å². The molecule has 0 atom stereocenters. The first-order valence-corrected chi connectivity index (χ1v) is 7.63. The summed E-state index contributed by atoms with van der Waals surface area (Å²) in [6, 6.07) is 9.52. The lowest BCUT2D eigenvalue weighted by atomic mass is 10.2. The fourth-order valence-electron chi connectivity index (χ4n) is 2.21. The summed E-state index contributed by atoms with van der Waals surface area (Å²) in [7, 11) is 1.84. The van der Waals surface area contributed by atoms with Gasteiger partial charge in [-0.3, -0.25) is 9.48 Å². The van der Waals surface area contributed by atoms with Crippen LogP contribution < -0.4 is 5.32 Å². The van der Waals surface area contributed by atoms with Crippen molar-refractivity contribution in [3.05, 3.63) is 58.9 Å². The first-order valence-electron chi connectivity index (χ1n) is 7.63. The number of carbonyl (C=O) groups is 2. The molecule has 0 unspecified atom stereocenters. The number of benzene rings is 1. The molecule has 1 aromatic heterocycles. The average molecular weight is 327 g/mol. The minimum absolute atomic E-state index is 0.305. The van der Waals surface area contributed by atoms with Crippen molar-refractivity contribution in [3.63, 3.8) is 0 Å². The van der Waals surface area contributed by atoms with E-state index in [2.05, 4.69) is 10.4 Å². The Morgan fingerprint density at radius 2 is 1.96 bits per heavy atom. The number of nitrogens with one attached hydrogen (secondary N) is 1. The van der Waals surface area contributed by atoms with Gasteiger partial charge in [-0.1, -0.05) is 30.3 Å². The zero-order valence-corrected chi connectivity index (χ0v) is 14.1. The fourth-order valence-corrected chi connectivity index (χ4v) is 2.21. The Kier molecular flexibility index (Phi) is 5.89. The van der Waals surface area contributed by atoms with Gasteiger partial charge in [0.15, 0.2) is 6.61 Å². The number of aryl methyl sites for hydroxylation is 2. The van der Waals surface area contributed by atoms with Crippen molar-refractivity contribution in [3.8, 4) is 0 Å². The van der Waals surface area contributed by atoms with Crippen molar-refractivity contribution in [1.29, 1.82) is 0 Å². The lowest BCUT2D eigenvalue weighted by Crippen LogP contribution is -2.28. The number of ether oxygens (including phenoxy) is 1. The van der Waals surface area contributed by atoms with E-state index in [0.717, 1.165) is 22.5 Å². The minimum atomic E-state index is -0.562. The Balaban J connectivity index is 1.78. The number of aromatic nitrogens is 2. The first-order chi connectivity index (χ1) is 11.5. The molecule has 0 bridgehead atoms. The van der Waals surface area contributed by atoms with Crippen LogP contribution in [-0.2, 0) is 27.9 Å². The van der Waals surface area contributed by atoms with Gasteiger partial charge in [-0.2, -0.15) is 5.10 Å². The Hall–Kier alpha value is -2.89. The minimum Gasteiger partial charge on any atom is -0.452 e. The molecule has 0 spiro atoms. The van der Waals surface area contributed by atoms with Crippen LogP contribution in [0.5, 0.6) is 0 Å². The number of nitrogens with zero attached hydrogens (tertiary/aromatic N) is 2. The maximum Gasteiger partial charge on any atom is 0.331 e.